The highest BCUT2D eigenvalue weighted by molar-refractivity contribution is 7.88. The molecule has 0 spiro atoms. The Labute approximate surface area is 142 Å². The second-order valence-corrected chi connectivity index (χ2v) is 8.05. The molecule has 9 heteroatoms. The number of anilines is 1. The minimum atomic E-state index is -3.13. The maximum Gasteiger partial charge on any atom is 0.211 e. The molecule has 0 N–H and O–H groups in total. The fourth-order valence-corrected chi connectivity index (χ4v) is 3.63. The molecule has 0 atom stereocenters. The van der Waals surface area contributed by atoms with Gasteiger partial charge in [0, 0.05) is 37.9 Å². The number of hydrogen-bond acceptors (Lipinski definition) is 6. The molecule has 0 bridgehead atoms. The summed E-state index contributed by atoms with van der Waals surface area (Å²) >= 11 is 0. The van der Waals surface area contributed by atoms with Crippen LogP contribution < -0.4 is 4.90 Å². The molecule has 3 rings (SSSR count). The van der Waals surface area contributed by atoms with Crippen LogP contribution in [0.5, 0.6) is 0 Å². The summed E-state index contributed by atoms with van der Waals surface area (Å²) in [7, 11) is -3.13. The standard InChI is InChI=1S/C15H22N6O2S/c1-11-12(2)21(10-16-11)15-9-14(17-13(3)18-15)19-5-7-20(8-6-19)24(4,22)23/h9-10H,5-8H2,1-4H3. The highest BCUT2D eigenvalue weighted by atomic mass is 32.2. The van der Waals surface area contributed by atoms with Crippen LogP contribution in [0.25, 0.3) is 5.82 Å². The molecule has 24 heavy (non-hydrogen) atoms. The van der Waals surface area contributed by atoms with Crippen molar-refractivity contribution in [2.24, 2.45) is 0 Å². The molecule has 0 aromatic carbocycles. The quantitative estimate of drug-likeness (QED) is 0.809. The van der Waals surface area contributed by atoms with Gasteiger partial charge in [-0.05, 0) is 20.8 Å². The topological polar surface area (TPSA) is 84.2 Å². The zero-order valence-corrected chi connectivity index (χ0v) is 15.2. The lowest BCUT2D eigenvalue weighted by atomic mass is 10.3. The smallest absolute Gasteiger partial charge is 0.211 e. The van der Waals surface area contributed by atoms with Crippen molar-refractivity contribution in [1.82, 2.24) is 23.8 Å². The van der Waals surface area contributed by atoms with Crippen LogP contribution >= 0.6 is 0 Å². The van der Waals surface area contributed by atoms with E-state index in [1.54, 1.807) is 6.33 Å². The van der Waals surface area contributed by atoms with Gasteiger partial charge in [0.15, 0.2) is 0 Å². The fourth-order valence-electron chi connectivity index (χ4n) is 2.80. The molecule has 130 valence electrons. The van der Waals surface area contributed by atoms with Gasteiger partial charge in [-0.1, -0.05) is 0 Å². The van der Waals surface area contributed by atoms with Gasteiger partial charge >= 0.3 is 0 Å². The van der Waals surface area contributed by atoms with Gasteiger partial charge in [-0.25, -0.2) is 23.4 Å². The zero-order valence-electron chi connectivity index (χ0n) is 14.4. The summed E-state index contributed by atoms with van der Waals surface area (Å²) in [6.45, 7) is 8.01. The van der Waals surface area contributed by atoms with E-state index >= 15 is 0 Å². The number of aromatic nitrogens is 4. The van der Waals surface area contributed by atoms with Crippen molar-refractivity contribution >= 4 is 15.8 Å². The number of nitrogens with zero attached hydrogens (tertiary/aromatic N) is 6. The van der Waals surface area contributed by atoms with Crippen molar-refractivity contribution in [2.75, 3.05) is 37.3 Å². The predicted molar refractivity (Wildman–Crippen MR) is 92.0 cm³/mol. The second-order valence-electron chi connectivity index (χ2n) is 6.07. The summed E-state index contributed by atoms with van der Waals surface area (Å²) in [5.41, 5.74) is 2.01. The molecule has 1 saturated heterocycles. The van der Waals surface area contributed by atoms with E-state index in [0.29, 0.717) is 32.0 Å². The third kappa shape index (κ3) is 3.27. The molecule has 2 aromatic rings. The summed E-state index contributed by atoms with van der Waals surface area (Å²) in [5.74, 6) is 2.27. The largest absolute Gasteiger partial charge is 0.354 e. The average molecular weight is 350 g/mol. The van der Waals surface area contributed by atoms with Crippen LogP contribution in [-0.2, 0) is 10.0 Å². The lowest BCUT2D eigenvalue weighted by Crippen LogP contribution is -2.48. The van der Waals surface area contributed by atoms with Gasteiger partial charge in [0.05, 0.1) is 11.9 Å². The molecule has 1 fully saturated rings. The minimum absolute atomic E-state index is 0.473. The Bertz CT molecular complexity index is 853. The highest BCUT2D eigenvalue weighted by Crippen LogP contribution is 2.20. The molecule has 1 aliphatic rings. The van der Waals surface area contributed by atoms with Crippen molar-refractivity contribution in [1.29, 1.82) is 0 Å². The minimum Gasteiger partial charge on any atom is -0.354 e. The average Bonchev–Trinajstić information content (AvgIpc) is 2.86. The Morgan fingerprint density at radius 1 is 1.00 bits per heavy atom. The van der Waals surface area contributed by atoms with E-state index < -0.39 is 10.0 Å². The molecule has 1 aliphatic heterocycles. The first-order valence-electron chi connectivity index (χ1n) is 7.82. The van der Waals surface area contributed by atoms with Gasteiger partial charge in [0.1, 0.15) is 23.8 Å². The summed E-state index contributed by atoms with van der Waals surface area (Å²) in [5, 5.41) is 0. The number of hydrogen-bond donors (Lipinski definition) is 0. The van der Waals surface area contributed by atoms with Crippen LogP contribution in [0.2, 0.25) is 0 Å². The Morgan fingerprint density at radius 2 is 1.62 bits per heavy atom. The third-order valence-corrected chi connectivity index (χ3v) is 5.64. The zero-order chi connectivity index (χ0) is 17.5. The van der Waals surface area contributed by atoms with E-state index in [2.05, 4.69) is 19.9 Å². The first-order chi connectivity index (χ1) is 11.3. The van der Waals surface area contributed by atoms with E-state index in [4.69, 9.17) is 0 Å². The lowest BCUT2D eigenvalue weighted by Gasteiger charge is -2.34. The van der Waals surface area contributed by atoms with E-state index in [-0.39, 0.29) is 0 Å². The van der Waals surface area contributed by atoms with Gasteiger partial charge in [-0.15, -0.1) is 0 Å². The van der Waals surface area contributed by atoms with Crippen molar-refractivity contribution in [2.45, 2.75) is 20.8 Å². The maximum atomic E-state index is 11.6. The van der Waals surface area contributed by atoms with Gasteiger partial charge in [-0.3, -0.25) is 4.57 Å². The molecule has 3 heterocycles. The van der Waals surface area contributed by atoms with Crippen LogP contribution in [-0.4, -0.2) is 64.7 Å². The number of aryl methyl sites for hydroxylation is 2. The molecular weight excluding hydrogens is 328 g/mol. The SMILES string of the molecule is Cc1nc(N2CCN(S(C)(=O)=O)CC2)cc(-n2cnc(C)c2C)n1. The molecule has 0 radical (unpaired) electrons. The van der Waals surface area contributed by atoms with Gasteiger partial charge in [-0.2, -0.15) is 4.31 Å². The van der Waals surface area contributed by atoms with Crippen LogP contribution in [0, 0.1) is 20.8 Å². The van der Waals surface area contributed by atoms with E-state index in [1.165, 1.54) is 10.6 Å². The Balaban J connectivity index is 1.87. The maximum absolute atomic E-state index is 11.6. The van der Waals surface area contributed by atoms with Gasteiger partial charge in [0.2, 0.25) is 10.0 Å². The Kier molecular flexibility index (Phi) is 4.31. The van der Waals surface area contributed by atoms with Crippen molar-refractivity contribution in [3.05, 3.63) is 29.6 Å². The first-order valence-corrected chi connectivity index (χ1v) is 9.67. The third-order valence-electron chi connectivity index (χ3n) is 4.34. The molecule has 0 aliphatic carbocycles. The summed E-state index contributed by atoms with van der Waals surface area (Å²) in [6, 6.07) is 1.93. The molecule has 2 aromatic heterocycles. The van der Waals surface area contributed by atoms with Crippen LogP contribution in [0.4, 0.5) is 5.82 Å². The molecule has 0 unspecified atom stereocenters. The number of rotatable bonds is 3. The summed E-state index contributed by atoms with van der Waals surface area (Å²) in [4.78, 5) is 15.4. The first kappa shape index (κ1) is 16.8. The van der Waals surface area contributed by atoms with E-state index in [9.17, 15) is 8.42 Å². The van der Waals surface area contributed by atoms with Gasteiger partial charge in [0.25, 0.3) is 0 Å². The fraction of sp³-hybridized carbons (Fsp3) is 0.533. The Morgan fingerprint density at radius 3 is 2.17 bits per heavy atom. The van der Waals surface area contributed by atoms with E-state index in [0.717, 1.165) is 23.0 Å². The number of imidazole rings is 1. The van der Waals surface area contributed by atoms with Crippen LogP contribution in [0.1, 0.15) is 17.2 Å². The van der Waals surface area contributed by atoms with Gasteiger partial charge < -0.3 is 4.90 Å². The van der Waals surface area contributed by atoms with Crippen molar-refractivity contribution < 1.29 is 8.42 Å². The normalized spacial score (nSPS) is 16.6. The summed E-state index contributed by atoms with van der Waals surface area (Å²) < 4.78 is 26.7. The summed E-state index contributed by atoms with van der Waals surface area (Å²) in [6.07, 6.45) is 3.01. The predicted octanol–water partition coefficient (Wildman–Crippen LogP) is 0.669. The van der Waals surface area contributed by atoms with Crippen molar-refractivity contribution in [3.63, 3.8) is 0 Å². The molecule has 8 nitrogen and oxygen atoms in total. The number of piperazine rings is 1. The highest BCUT2D eigenvalue weighted by Gasteiger charge is 2.24. The van der Waals surface area contributed by atoms with Crippen molar-refractivity contribution in [3.8, 4) is 5.82 Å². The monoisotopic (exact) mass is 350 g/mol. The molecule has 0 saturated carbocycles. The van der Waals surface area contributed by atoms with Crippen LogP contribution in [0.15, 0.2) is 12.4 Å². The Hall–Kier alpha value is -2.00. The molecule has 0 amide bonds. The lowest BCUT2D eigenvalue weighted by molar-refractivity contribution is 0.387. The van der Waals surface area contributed by atoms with E-state index in [1.807, 2.05) is 31.4 Å². The molecular formula is C15H22N6O2S. The van der Waals surface area contributed by atoms with Crippen LogP contribution in [0.3, 0.4) is 0 Å². The second kappa shape index (κ2) is 6.14. The number of sulfonamides is 1.